The average molecular weight is 695 g/mol. The van der Waals surface area contributed by atoms with E-state index in [1.54, 1.807) is 32.9 Å². The Hall–Kier alpha value is -5.12. The number of carbonyl (C=O) groups excluding carboxylic acids is 3. The van der Waals surface area contributed by atoms with Gasteiger partial charge in [0.1, 0.15) is 11.6 Å². The predicted octanol–water partition coefficient (Wildman–Crippen LogP) is 6.93. The summed E-state index contributed by atoms with van der Waals surface area (Å²) in [6.45, 7) is 7.24. The van der Waals surface area contributed by atoms with Crippen molar-refractivity contribution in [1.29, 1.82) is 0 Å². The van der Waals surface area contributed by atoms with Crippen LogP contribution in [0.5, 0.6) is 0 Å². The minimum Gasteiger partial charge on any atom is -0.444 e. The summed E-state index contributed by atoms with van der Waals surface area (Å²) in [5, 5.41) is 6.85. The molecule has 0 aliphatic rings. The van der Waals surface area contributed by atoms with E-state index in [1.807, 2.05) is 104 Å². The smallest absolute Gasteiger partial charge is 0.407 e. The van der Waals surface area contributed by atoms with Gasteiger partial charge in [0.2, 0.25) is 5.91 Å². The lowest BCUT2D eigenvalue weighted by Crippen LogP contribution is -2.52. The average Bonchev–Trinajstić information content (AvgIpc) is 3.49. The number of aromatic nitrogens is 1. The van der Waals surface area contributed by atoms with Crippen molar-refractivity contribution in [3.05, 3.63) is 142 Å². The second-order valence-corrected chi connectivity index (χ2v) is 13.7. The van der Waals surface area contributed by atoms with E-state index in [2.05, 4.69) is 15.6 Å². The Morgan fingerprint density at radius 2 is 1.48 bits per heavy atom. The van der Waals surface area contributed by atoms with E-state index < -0.39 is 41.3 Å². The predicted molar refractivity (Wildman–Crippen MR) is 196 cm³/mol. The van der Waals surface area contributed by atoms with Crippen LogP contribution in [-0.2, 0) is 31.1 Å². The zero-order chi connectivity index (χ0) is 35.9. The molecule has 2 amide bonds. The van der Waals surface area contributed by atoms with Crippen LogP contribution < -0.4 is 16.4 Å². The van der Waals surface area contributed by atoms with Crippen molar-refractivity contribution in [1.82, 2.24) is 15.6 Å². The lowest BCUT2D eigenvalue weighted by atomic mass is 9.79. The molecule has 3 atom stereocenters. The molecule has 5 aromatic rings. The molecular weight excluding hydrogens is 652 g/mol. The first-order valence-electron chi connectivity index (χ1n) is 16.6. The van der Waals surface area contributed by atoms with E-state index in [4.69, 9.17) is 26.8 Å². The van der Waals surface area contributed by atoms with Crippen molar-refractivity contribution in [3.8, 4) is 0 Å². The molecule has 4 aromatic carbocycles. The van der Waals surface area contributed by atoms with E-state index in [-0.39, 0.29) is 19.4 Å². The van der Waals surface area contributed by atoms with E-state index in [9.17, 15) is 14.4 Å². The van der Waals surface area contributed by atoms with Gasteiger partial charge in [0.25, 0.3) is 0 Å². The van der Waals surface area contributed by atoms with Crippen molar-refractivity contribution in [2.75, 3.05) is 6.54 Å². The van der Waals surface area contributed by atoms with Gasteiger partial charge in [0.05, 0.1) is 6.04 Å². The third-order valence-electron chi connectivity index (χ3n) is 8.30. The fourth-order valence-corrected chi connectivity index (χ4v) is 6.14. The molecule has 260 valence electrons. The first-order chi connectivity index (χ1) is 23.9. The molecule has 50 heavy (non-hydrogen) atoms. The summed E-state index contributed by atoms with van der Waals surface area (Å²) >= 11 is 6.87. The molecule has 0 saturated carbocycles. The van der Waals surface area contributed by atoms with E-state index in [1.165, 1.54) is 0 Å². The van der Waals surface area contributed by atoms with Gasteiger partial charge in [0.15, 0.2) is 5.60 Å². The van der Waals surface area contributed by atoms with Crippen LogP contribution in [-0.4, -0.2) is 47.2 Å². The number of fused-ring (bicyclic) bond motifs is 1. The van der Waals surface area contributed by atoms with Gasteiger partial charge in [-0.1, -0.05) is 108 Å². The largest absolute Gasteiger partial charge is 0.444 e. The highest BCUT2D eigenvalue weighted by Gasteiger charge is 2.43. The molecule has 5 rings (SSSR count). The van der Waals surface area contributed by atoms with Crippen molar-refractivity contribution in [2.24, 2.45) is 5.73 Å². The molecule has 0 aliphatic heterocycles. The van der Waals surface area contributed by atoms with Crippen molar-refractivity contribution in [2.45, 2.75) is 63.8 Å². The van der Waals surface area contributed by atoms with Crippen LogP contribution in [0.1, 0.15) is 55.0 Å². The van der Waals surface area contributed by atoms with E-state index >= 15 is 0 Å². The number of halogens is 1. The molecule has 0 saturated heterocycles. The third-order valence-corrected chi connectivity index (χ3v) is 8.63. The lowest BCUT2D eigenvalue weighted by Gasteiger charge is -2.37. The number of amides is 2. The van der Waals surface area contributed by atoms with Gasteiger partial charge < -0.3 is 30.8 Å². The highest BCUT2D eigenvalue weighted by atomic mass is 35.5. The number of H-pyrrole nitrogens is 1. The topological polar surface area (TPSA) is 136 Å². The Kier molecular flexibility index (Phi) is 11.3. The van der Waals surface area contributed by atoms with Crippen molar-refractivity contribution < 1.29 is 23.9 Å². The van der Waals surface area contributed by atoms with Crippen LogP contribution >= 0.6 is 11.6 Å². The van der Waals surface area contributed by atoms with E-state index in [0.717, 1.165) is 22.0 Å². The van der Waals surface area contributed by atoms with Crippen LogP contribution in [0.3, 0.4) is 0 Å². The molecule has 9 nitrogen and oxygen atoms in total. The molecule has 0 fully saturated rings. The van der Waals surface area contributed by atoms with Crippen LogP contribution in [0.25, 0.3) is 10.9 Å². The zero-order valence-electron chi connectivity index (χ0n) is 28.7. The highest BCUT2D eigenvalue weighted by Crippen LogP contribution is 2.44. The van der Waals surface area contributed by atoms with Crippen molar-refractivity contribution in [3.63, 3.8) is 0 Å². The summed E-state index contributed by atoms with van der Waals surface area (Å²) in [6, 6.07) is 29.7. The number of ether oxygens (including phenoxy) is 2. The van der Waals surface area contributed by atoms with Crippen molar-refractivity contribution >= 4 is 40.5 Å². The molecule has 0 aliphatic carbocycles. The lowest BCUT2D eigenvalue weighted by molar-refractivity contribution is -0.157. The summed E-state index contributed by atoms with van der Waals surface area (Å²) < 4.78 is 12.0. The molecular formula is C40H43ClN4O5. The minimum atomic E-state index is -1.50. The first-order valence-corrected chi connectivity index (χ1v) is 16.9. The van der Waals surface area contributed by atoms with Gasteiger partial charge in [-0.3, -0.25) is 4.79 Å². The number of benzene rings is 4. The maximum atomic E-state index is 14.5. The molecule has 0 spiro atoms. The standard InChI is InChI=1S/C40H43ClN4O5/c1-26-18-20-29(21-19-26)40(28-12-6-5-7-13-28,31-15-9-10-16-32(31)41)49-37(47)35(22-23-43-38(48)50-39(2,3)4)45-36(46)33(42)24-27-25-44-34-17-11-8-14-30(27)34/h5-21,25,33,35,44H,22-24,42H2,1-4H3,(H,43,48)(H,45,46). The van der Waals surface area contributed by atoms with Gasteiger partial charge in [0, 0.05) is 45.4 Å². The highest BCUT2D eigenvalue weighted by molar-refractivity contribution is 6.31. The second-order valence-electron chi connectivity index (χ2n) is 13.3. The van der Waals surface area contributed by atoms with Crippen LogP contribution in [0.4, 0.5) is 4.79 Å². The molecule has 0 bridgehead atoms. The molecule has 3 unspecified atom stereocenters. The summed E-state index contributed by atoms with van der Waals surface area (Å²) in [6.07, 6.45) is 1.39. The Morgan fingerprint density at radius 1 is 0.840 bits per heavy atom. The maximum absolute atomic E-state index is 14.5. The first kappa shape index (κ1) is 36.2. The number of hydrogen-bond acceptors (Lipinski definition) is 6. The molecule has 1 aromatic heterocycles. The molecule has 10 heteroatoms. The normalized spacial score (nSPS) is 13.9. The van der Waals surface area contributed by atoms with Gasteiger partial charge in [-0.25, -0.2) is 9.59 Å². The fraction of sp³-hybridized carbons (Fsp3) is 0.275. The monoisotopic (exact) mass is 694 g/mol. The number of nitrogens with two attached hydrogens (primary N) is 1. The maximum Gasteiger partial charge on any atom is 0.407 e. The number of hydrogen-bond donors (Lipinski definition) is 4. The molecule has 1 heterocycles. The minimum absolute atomic E-state index is 0.00160. The summed E-state index contributed by atoms with van der Waals surface area (Å²) in [4.78, 5) is 43.9. The number of carbonyl (C=O) groups is 3. The molecule has 0 radical (unpaired) electrons. The number of aromatic amines is 1. The Labute approximate surface area is 297 Å². The van der Waals surface area contributed by atoms with E-state index in [0.29, 0.717) is 21.7 Å². The number of nitrogens with one attached hydrogen (secondary N) is 3. The Balaban J connectivity index is 1.49. The number of rotatable bonds is 12. The van der Waals surface area contributed by atoms with Crippen LogP contribution in [0, 0.1) is 6.92 Å². The van der Waals surface area contributed by atoms with Gasteiger partial charge in [-0.2, -0.15) is 0 Å². The van der Waals surface area contributed by atoms with Crippen LogP contribution in [0.2, 0.25) is 5.02 Å². The second kappa shape index (κ2) is 15.6. The number of para-hydroxylation sites is 1. The number of aryl methyl sites for hydroxylation is 1. The summed E-state index contributed by atoms with van der Waals surface area (Å²) in [5.74, 6) is -1.29. The Morgan fingerprint density at radius 3 is 2.18 bits per heavy atom. The van der Waals surface area contributed by atoms with Gasteiger partial charge in [-0.05, 0) is 58.2 Å². The summed E-state index contributed by atoms with van der Waals surface area (Å²) in [7, 11) is 0. The Bertz CT molecular complexity index is 1940. The molecule has 5 N–H and O–H groups in total. The van der Waals surface area contributed by atoms with Gasteiger partial charge in [-0.15, -0.1) is 0 Å². The number of alkyl carbamates (subject to hydrolysis) is 1. The van der Waals surface area contributed by atoms with Gasteiger partial charge >= 0.3 is 12.1 Å². The number of esters is 1. The summed E-state index contributed by atoms with van der Waals surface area (Å²) in [5.41, 5.74) is 8.89. The zero-order valence-corrected chi connectivity index (χ0v) is 29.4. The van der Waals surface area contributed by atoms with Crippen LogP contribution in [0.15, 0.2) is 109 Å². The fourth-order valence-electron chi connectivity index (χ4n) is 5.87. The SMILES string of the molecule is Cc1ccc(C(OC(=O)C(CCNC(=O)OC(C)(C)C)NC(=O)C(N)Cc2c[nH]c3ccccc23)(c2ccccc2)c2ccccc2Cl)cc1. The third kappa shape index (κ3) is 8.53. The quantitative estimate of drug-likeness (QED) is 0.0826.